The van der Waals surface area contributed by atoms with E-state index in [1.807, 2.05) is 6.07 Å². The number of nitrogens with one attached hydrogen (secondary N) is 1. The van der Waals surface area contributed by atoms with Crippen LogP contribution >= 0.6 is 0 Å². The van der Waals surface area contributed by atoms with E-state index >= 15 is 0 Å². The van der Waals surface area contributed by atoms with Gasteiger partial charge >= 0.3 is 0 Å². The van der Waals surface area contributed by atoms with Crippen LogP contribution in [0, 0.1) is 23.7 Å². The number of furan rings is 1. The Morgan fingerprint density at radius 2 is 1.83 bits per heavy atom. The maximum Gasteiger partial charge on any atom is 0.234 e. The SMILES string of the molecule is COc1ccccc1NC(=O)CC(c1ccco1)N1C(=O)C2C3C=CC(C3)C2C1=O. The first-order chi connectivity index (χ1) is 14.6. The van der Waals surface area contributed by atoms with E-state index in [-0.39, 0.29) is 47.8 Å². The van der Waals surface area contributed by atoms with Crippen LogP contribution in [-0.2, 0) is 14.4 Å². The van der Waals surface area contributed by atoms with E-state index < -0.39 is 6.04 Å². The molecule has 2 bridgehead atoms. The molecule has 1 aromatic carbocycles. The van der Waals surface area contributed by atoms with Crippen molar-refractivity contribution >= 4 is 23.4 Å². The predicted molar refractivity (Wildman–Crippen MR) is 107 cm³/mol. The molecule has 154 valence electrons. The van der Waals surface area contributed by atoms with Gasteiger partial charge in [-0.25, -0.2) is 0 Å². The quantitative estimate of drug-likeness (QED) is 0.588. The van der Waals surface area contributed by atoms with Gasteiger partial charge in [0.05, 0.1) is 37.3 Å². The second kappa shape index (κ2) is 7.16. The number of hydrogen-bond donors (Lipinski definition) is 1. The van der Waals surface area contributed by atoms with Gasteiger partial charge < -0.3 is 14.5 Å². The summed E-state index contributed by atoms with van der Waals surface area (Å²) in [5, 5.41) is 2.82. The van der Waals surface area contributed by atoms with Crippen LogP contribution in [0.2, 0.25) is 0 Å². The van der Waals surface area contributed by atoms with Gasteiger partial charge in [-0.1, -0.05) is 24.3 Å². The number of carbonyl (C=O) groups excluding carboxylic acids is 3. The molecular formula is C23H22N2O5. The lowest BCUT2D eigenvalue weighted by Gasteiger charge is -2.26. The predicted octanol–water partition coefficient (Wildman–Crippen LogP) is 3.17. The number of ether oxygens (including phenoxy) is 1. The molecule has 3 aliphatic rings. The number of likely N-dealkylation sites (tertiary alicyclic amines) is 1. The number of carbonyl (C=O) groups is 3. The molecule has 1 saturated heterocycles. The minimum Gasteiger partial charge on any atom is -0.495 e. The van der Waals surface area contributed by atoms with Crippen LogP contribution in [0.5, 0.6) is 5.75 Å². The van der Waals surface area contributed by atoms with Crippen molar-refractivity contribution in [3.63, 3.8) is 0 Å². The Balaban J connectivity index is 1.41. The first-order valence-corrected chi connectivity index (χ1v) is 10.1. The van der Waals surface area contributed by atoms with Crippen LogP contribution in [0.25, 0.3) is 0 Å². The first-order valence-electron chi connectivity index (χ1n) is 10.1. The minimum atomic E-state index is -0.778. The first kappa shape index (κ1) is 18.7. The Kier molecular flexibility index (Phi) is 4.46. The molecule has 7 heteroatoms. The van der Waals surface area contributed by atoms with Crippen molar-refractivity contribution in [3.8, 4) is 5.75 Å². The molecule has 1 aromatic heterocycles. The molecule has 5 rings (SSSR count). The highest BCUT2D eigenvalue weighted by Gasteiger charge is 2.60. The summed E-state index contributed by atoms with van der Waals surface area (Å²) in [6.07, 6.45) is 6.36. The smallest absolute Gasteiger partial charge is 0.234 e. The van der Waals surface area contributed by atoms with Gasteiger partial charge in [-0.3, -0.25) is 19.3 Å². The van der Waals surface area contributed by atoms with Gasteiger partial charge in [0, 0.05) is 0 Å². The number of rotatable bonds is 6. The standard InChI is InChI=1S/C23H22N2O5/c1-29-17-6-3-2-5-15(17)24-19(26)12-16(18-7-4-10-30-18)25-22(27)20-13-8-9-14(11-13)21(20)23(25)28/h2-10,13-14,16,20-21H,11-12H2,1H3,(H,24,26). The summed E-state index contributed by atoms with van der Waals surface area (Å²) in [6, 6.07) is 9.69. The molecule has 2 aliphatic carbocycles. The number of allylic oxidation sites excluding steroid dienone is 2. The van der Waals surface area contributed by atoms with E-state index in [2.05, 4.69) is 17.5 Å². The number of para-hydroxylation sites is 2. The number of nitrogens with zero attached hydrogens (tertiary/aromatic N) is 1. The third kappa shape index (κ3) is 2.84. The summed E-state index contributed by atoms with van der Waals surface area (Å²) >= 11 is 0. The van der Waals surface area contributed by atoms with Crippen molar-refractivity contribution in [2.24, 2.45) is 23.7 Å². The van der Waals surface area contributed by atoms with Crippen molar-refractivity contribution < 1.29 is 23.5 Å². The van der Waals surface area contributed by atoms with Crippen molar-refractivity contribution in [3.05, 3.63) is 60.6 Å². The minimum absolute atomic E-state index is 0.0920. The van der Waals surface area contributed by atoms with E-state index in [0.29, 0.717) is 17.2 Å². The molecular weight excluding hydrogens is 384 g/mol. The second-order valence-electron chi connectivity index (χ2n) is 8.03. The van der Waals surface area contributed by atoms with Crippen molar-refractivity contribution in [2.75, 3.05) is 12.4 Å². The van der Waals surface area contributed by atoms with Crippen molar-refractivity contribution in [2.45, 2.75) is 18.9 Å². The van der Waals surface area contributed by atoms with Gasteiger partial charge in [0.2, 0.25) is 17.7 Å². The maximum atomic E-state index is 13.2. The zero-order valence-electron chi connectivity index (χ0n) is 16.5. The molecule has 5 unspecified atom stereocenters. The zero-order valence-corrected chi connectivity index (χ0v) is 16.5. The molecule has 30 heavy (non-hydrogen) atoms. The Morgan fingerprint density at radius 1 is 1.13 bits per heavy atom. The van der Waals surface area contributed by atoms with Crippen LogP contribution < -0.4 is 10.1 Å². The van der Waals surface area contributed by atoms with Crippen LogP contribution in [0.4, 0.5) is 5.69 Å². The van der Waals surface area contributed by atoms with Gasteiger partial charge in [0.25, 0.3) is 0 Å². The van der Waals surface area contributed by atoms with Gasteiger partial charge in [-0.05, 0) is 42.5 Å². The molecule has 1 N–H and O–H groups in total. The average Bonchev–Trinajstić information content (AvgIpc) is 3.53. The summed E-state index contributed by atoms with van der Waals surface area (Å²) in [7, 11) is 1.53. The Bertz CT molecular complexity index is 998. The number of benzene rings is 1. The molecule has 0 radical (unpaired) electrons. The summed E-state index contributed by atoms with van der Waals surface area (Å²) in [4.78, 5) is 40.6. The molecule has 1 aliphatic heterocycles. The normalized spacial score (nSPS) is 27.4. The Labute approximate surface area is 173 Å². The molecule has 0 spiro atoms. The third-order valence-corrected chi connectivity index (χ3v) is 6.45. The van der Waals surface area contributed by atoms with Gasteiger partial charge in [-0.2, -0.15) is 0 Å². The average molecular weight is 406 g/mol. The van der Waals surface area contributed by atoms with Crippen LogP contribution in [-0.4, -0.2) is 29.7 Å². The van der Waals surface area contributed by atoms with E-state index in [1.165, 1.54) is 18.3 Å². The third-order valence-electron chi connectivity index (χ3n) is 6.45. The second-order valence-corrected chi connectivity index (χ2v) is 8.03. The number of hydrogen-bond acceptors (Lipinski definition) is 5. The van der Waals surface area contributed by atoms with E-state index in [1.54, 1.807) is 30.3 Å². The fraction of sp³-hybridized carbons (Fsp3) is 0.348. The lowest BCUT2D eigenvalue weighted by atomic mass is 9.85. The molecule has 3 amide bonds. The topological polar surface area (TPSA) is 88.8 Å². The highest BCUT2D eigenvalue weighted by molar-refractivity contribution is 6.07. The maximum absolute atomic E-state index is 13.2. The van der Waals surface area contributed by atoms with Crippen LogP contribution in [0.3, 0.4) is 0 Å². The molecule has 2 fully saturated rings. The molecule has 2 heterocycles. The molecule has 7 nitrogen and oxygen atoms in total. The Hall–Kier alpha value is -3.35. The largest absolute Gasteiger partial charge is 0.495 e. The van der Waals surface area contributed by atoms with Crippen LogP contribution in [0.1, 0.15) is 24.6 Å². The van der Waals surface area contributed by atoms with Crippen molar-refractivity contribution in [1.82, 2.24) is 4.90 Å². The summed E-state index contributed by atoms with van der Waals surface area (Å²) in [5.74, 6) is -0.189. The highest BCUT2D eigenvalue weighted by Crippen LogP contribution is 2.54. The molecule has 2 aromatic rings. The Morgan fingerprint density at radius 3 is 2.47 bits per heavy atom. The number of methoxy groups -OCH3 is 1. The lowest BCUT2D eigenvalue weighted by molar-refractivity contribution is -0.144. The summed E-state index contributed by atoms with van der Waals surface area (Å²) < 4.78 is 10.8. The van der Waals surface area contributed by atoms with E-state index in [4.69, 9.17) is 9.15 Å². The van der Waals surface area contributed by atoms with E-state index in [9.17, 15) is 14.4 Å². The monoisotopic (exact) mass is 406 g/mol. The van der Waals surface area contributed by atoms with Crippen molar-refractivity contribution in [1.29, 1.82) is 0 Å². The number of fused-ring (bicyclic) bond motifs is 5. The lowest BCUT2D eigenvalue weighted by Crippen LogP contribution is -2.38. The van der Waals surface area contributed by atoms with Crippen LogP contribution in [0.15, 0.2) is 59.2 Å². The number of amides is 3. The van der Waals surface area contributed by atoms with Gasteiger partial charge in [-0.15, -0.1) is 0 Å². The fourth-order valence-electron chi connectivity index (χ4n) is 5.16. The zero-order chi connectivity index (χ0) is 20.8. The number of imide groups is 1. The summed E-state index contributed by atoms with van der Waals surface area (Å²) in [6.45, 7) is 0. The molecule has 1 saturated carbocycles. The van der Waals surface area contributed by atoms with Gasteiger partial charge in [0.1, 0.15) is 17.6 Å². The highest BCUT2D eigenvalue weighted by atomic mass is 16.5. The van der Waals surface area contributed by atoms with E-state index in [0.717, 1.165) is 6.42 Å². The van der Waals surface area contributed by atoms with Gasteiger partial charge in [0.15, 0.2) is 0 Å². The summed E-state index contributed by atoms with van der Waals surface area (Å²) in [5.41, 5.74) is 0.529. The number of anilines is 1. The molecule has 5 atom stereocenters. The fourth-order valence-corrected chi connectivity index (χ4v) is 5.16.